The number of hydrogen-bond acceptors (Lipinski definition) is 8. The first-order chi connectivity index (χ1) is 14.8. The molecule has 0 aliphatic carbocycles. The van der Waals surface area contributed by atoms with Crippen LogP contribution in [0.5, 0.6) is 5.75 Å². The van der Waals surface area contributed by atoms with Crippen LogP contribution in [0.3, 0.4) is 0 Å². The fourth-order valence-corrected chi connectivity index (χ4v) is 4.00. The number of carboxylic acids is 1. The van der Waals surface area contributed by atoms with Crippen LogP contribution in [0.15, 0.2) is 41.1 Å². The standard InChI is InChI=1S/C21H26ClN5O4/c1-12(15-4-2-3-7-26-15)30-17-9-16-13(8-14(17)22)20(27-31-16)21(5-6-23,10-19(28)29)18(25)11-24/h2-4,7-9,12,18H,5-6,10-11,23-25H2,1H3,(H,28,29)/t12?,18?,21-/m1/s1. The first-order valence-corrected chi connectivity index (χ1v) is 10.2. The normalized spacial score (nSPS) is 15.4. The average Bonchev–Trinajstić information content (AvgIpc) is 3.16. The van der Waals surface area contributed by atoms with Gasteiger partial charge in [-0.2, -0.15) is 0 Å². The van der Waals surface area contributed by atoms with E-state index in [9.17, 15) is 9.90 Å². The van der Waals surface area contributed by atoms with Crippen LogP contribution in [-0.2, 0) is 10.2 Å². The number of halogens is 1. The zero-order valence-corrected chi connectivity index (χ0v) is 17.9. The number of ether oxygens (including phenoxy) is 1. The molecule has 0 spiro atoms. The molecule has 0 radical (unpaired) electrons. The lowest BCUT2D eigenvalue weighted by molar-refractivity contribution is -0.138. The lowest BCUT2D eigenvalue weighted by Crippen LogP contribution is -2.52. The van der Waals surface area contributed by atoms with Gasteiger partial charge in [0, 0.05) is 35.7 Å². The topological polar surface area (TPSA) is 164 Å². The summed E-state index contributed by atoms with van der Waals surface area (Å²) in [7, 11) is 0. The summed E-state index contributed by atoms with van der Waals surface area (Å²) < 4.78 is 11.5. The molecule has 9 nitrogen and oxygen atoms in total. The minimum absolute atomic E-state index is 0.0537. The molecule has 2 heterocycles. The van der Waals surface area contributed by atoms with E-state index in [1.165, 1.54) is 0 Å². The molecule has 10 heteroatoms. The molecule has 31 heavy (non-hydrogen) atoms. The van der Waals surface area contributed by atoms with E-state index in [2.05, 4.69) is 10.1 Å². The van der Waals surface area contributed by atoms with Crippen molar-refractivity contribution in [2.24, 2.45) is 17.2 Å². The fraction of sp³-hybridized carbons (Fsp3) is 0.381. The van der Waals surface area contributed by atoms with Gasteiger partial charge in [-0.25, -0.2) is 0 Å². The second-order valence-electron chi connectivity index (χ2n) is 7.43. The number of aliphatic carboxylic acids is 1. The van der Waals surface area contributed by atoms with Gasteiger partial charge < -0.3 is 31.6 Å². The van der Waals surface area contributed by atoms with Crippen LogP contribution in [0, 0.1) is 0 Å². The Morgan fingerprint density at radius 1 is 1.35 bits per heavy atom. The Hall–Kier alpha value is -2.72. The van der Waals surface area contributed by atoms with Crippen LogP contribution in [0.25, 0.3) is 11.0 Å². The quantitative estimate of drug-likeness (QED) is 0.365. The monoisotopic (exact) mass is 447 g/mol. The maximum atomic E-state index is 11.7. The number of carbonyl (C=O) groups is 1. The predicted octanol–water partition coefficient (Wildman–Crippen LogP) is 2.36. The van der Waals surface area contributed by atoms with E-state index in [1.807, 2.05) is 25.1 Å². The number of nitrogens with two attached hydrogens (primary N) is 3. The number of rotatable bonds is 10. The highest BCUT2D eigenvalue weighted by atomic mass is 35.5. The largest absolute Gasteiger partial charge is 0.483 e. The number of carboxylic acid groups (broad SMARTS) is 1. The summed E-state index contributed by atoms with van der Waals surface area (Å²) in [5.41, 5.74) is 18.3. The Bertz CT molecular complexity index is 1040. The first kappa shape index (κ1) is 23.0. The van der Waals surface area contributed by atoms with Gasteiger partial charge in [0.05, 0.1) is 22.8 Å². The Kier molecular flexibility index (Phi) is 7.11. The molecule has 0 fully saturated rings. The van der Waals surface area contributed by atoms with Crippen molar-refractivity contribution in [1.82, 2.24) is 10.1 Å². The van der Waals surface area contributed by atoms with E-state index in [4.69, 9.17) is 38.1 Å². The molecule has 0 aliphatic heterocycles. The van der Waals surface area contributed by atoms with Gasteiger partial charge in [0.25, 0.3) is 0 Å². The Balaban J connectivity index is 2.05. The van der Waals surface area contributed by atoms with Gasteiger partial charge in [0.15, 0.2) is 5.58 Å². The minimum Gasteiger partial charge on any atom is -0.483 e. The molecule has 2 unspecified atom stereocenters. The molecule has 7 N–H and O–H groups in total. The van der Waals surface area contributed by atoms with Crippen LogP contribution >= 0.6 is 11.6 Å². The maximum Gasteiger partial charge on any atom is 0.304 e. The summed E-state index contributed by atoms with van der Waals surface area (Å²) in [6.07, 6.45) is 1.30. The molecule has 0 bridgehead atoms. The van der Waals surface area contributed by atoms with Gasteiger partial charge in [-0.1, -0.05) is 22.8 Å². The summed E-state index contributed by atoms with van der Waals surface area (Å²) in [5.74, 6) is -0.649. The van der Waals surface area contributed by atoms with Crippen LogP contribution in [0.2, 0.25) is 5.02 Å². The van der Waals surface area contributed by atoms with E-state index in [-0.39, 0.29) is 32.0 Å². The van der Waals surface area contributed by atoms with Gasteiger partial charge in [-0.05, 0) is 38.1 Å². The molecular weight excluding hydrogens is 422 g/mol. The molecule has 166 valence electrons. The summed E-state index contributed by atoms with van der Waals surface area (Å²) in [6.45, 7) is 2.11. The third-order valence-electron chi connectivity index (χ3n) is 5.42. The molecule has 1 aromatic carbocycles. The number of fused-ring (bicyclic) bond motifs is 1. The maximum absolute atomic E-state index is 11.7. The van der Waals surface area contributed by atoms with Crippen molar-refractivity contribution in [3.05, 3.63) is 52.9 Å². The van der Waals surface area contributed by atoms with Crippen LogP contribution < -0.4 is 21.9 Å². The molecule has 0 amide bonds. The molecule has 3 aromatic rings. The second kappa shape index (κ2) is 9.61. The highest BCUT2D eigenvalue weighted by molar-refractivity contribution is 6.32. The van der Waals surface area contributed by atoms with Crippen molar-refractivity contribution in [1.29, 1.82) is 0 Å². The zero-order valence-electron chi connectivity index (χ0n) is 17.1. The van der Waals surface area contributed by atoms with Gasteiger partial charge in [-0.3, -0.25) is 9.78 Å². The van der Waals surface area contributed by atoms with E-state index < -0.39 is 17.4 Å². The SMILES string of the molecule is CC(Oc1cc2onc([C@](CCN)(CC(=O)O)C(N)CN)c2cc1Cl)c1ccccn1. The van der Waals surface area contributed by atoms with Gasteiger partial charge >= 0.3 is 5.97 Å². The Morgan fingerprint density at radius 3 is 2.74 bits per heavy atom. The van der Waals surface area contributed by atoms with Crippen molar-refractivity contribution >= 4 is 28.5 Å². The van der Waals surface area contributed by atoms with Crippen LogP contribution in [0.1, 0.15) is 37.3 Å². The highest BCUT2D eigenvalue weighted by Gasteiger charge is 2.43. The molecule has 3 atom stereocenters. The van der Waals surface area contributed by atoms with Crippen LogP contribution in [-0.4, -0.2) is 40.3 Å². The average molecular weight is 448 g/mol. The summed E-state index contributed by atoms with van der Waals surface area (Å²) in [6, 6.07) is 8.11. The molecule has 0 saturated carbocycles. The van der Waals surface area contributed by atoms with Gasteiger partial charge in [-0.15, -0.1) is 0 Å². The summed E-state index contributed by atoms with van der Waals surface area (Å²) >= 11 is 6.50. The van der Waals surface area contributed by atoms with Crippen LogP contribution in [0.4, 0.5) is 0 Å². The number of pyridine rings is 1. The van der Waals surface area contributed by atoms with Gasteiger partial charge in [0.2, 0.25) is 0 Å². The fourth-order valence-electron chi connectivity index (χ4n) is 3.79. The number of benzene rings is 1. The van der Waals surface area contributed by atoms with Crippen molar-refractivity contribution in [3.63, 3.8) is 0 Å². The number of aromatic nitrogens is 2. The number of hydrogen-bond donors (Lipinski definition) is 4. The molecule has 0 saturated heterocycles. The predicted molar refractivity (Wildman–Crippen MR) is 117 cm³/mol. The zero-order chi connectivity index (χ0) is 22.6. The van der Waals surface area contributed by atoms with E-state index in [1.54, 1.807) is 18.3 Å². The Morgan fingerprint density at radius 2 is 2.13 bits per heavy atom. The first-order valence-electron chi connectivity index (χ1n) is 9.87. The molecule has 2 aromatic heterocycles. The summed E-state index contributed by atoms with van der Waals surface area (Å²) in [5, 5.41) is 14.6. The van der Waals surface area contributed by atoms with E-state index >= 15 is 0 Å². The summed E-state index contributed by atoms with van der Waals surface area (Å²) in [4.78, 5) is 16.0. The van der Waals surface area contributed by atoms with Crippen molar-refractivity contribution in [3.8, 4) is 5.75 Å². The van der Waals surface area contributed by atoms with Crippen molar-refractivity contribution in [2.75, 3.05) is 13.1 Å². The second-order valence-corrected chi connectivity index (χ2v) is 7.84. The third kappa shape index (κ3) is 4.64. The smallest absolute Gasteiger partial charge is 0.304 e. The van der Waals surface area contributed by atoms with E-state index in [0.29, 0.717) is 27.4 Å². The molecule has 0 aliphatic rings. The lowest BCUT2D eigenvalue weighted by Gasteiger charge is -2.35. The van der Waals surface area contributed by atoms with E-state index in [0.717, 1.165) is 5.69 Å². The molecular formula is C21H26ClN5O4. The third-order valence-corrected chi connectivity index (χ3v) is 5.72. The molecule has 3 rings (SSSR count). The lowest BCUT2D eigenvalue weighted by atomic mass is 9.71. The minimum atomic E-state index is -1.10. The van der Waals surface area contributed by atoms with Crippen molar-refractivity contribution in [2.45, 2.75) is 37.3 Å². The Labute approximate surface area is 184 Å². The van der Waals surface area contributed by atoms with Crippen molar-refractivity contribution < 1.29 is 19.2 Å². The number of nitrogens with zero attached hydrogens (tertiary/aromatic N) is 2. The highest BCUT2D eigenvalue weighted by Crippen LogP contribution is 2.41. The van der Waals surface area contributed by atoms with Gasteiger partial charge in [0.1, 0.15) is 11.9 Å².